The third kappa shape index (κ3) is 1.59. The molecular formula is C13H13N3O2. The molecule has 0 atom stereocenters. The molecule has 0 fully saturated rings. The largest absolute Gasteiger partial charge is 0.461 e. The molecule has 0 radical (unpaired) electrons. The number of carbonyl (C=O) groups excluding carboxylic acids is 1. The molecule has 3 rings (SSSR count). The number of hydrogen-bond donors (Lipinski definition) is 0. The average molecular weight is 243 g/mol. The maximum atomic E-state index is 11.7. The van der Waals surface area contributed by atoms with E-state index < -0.39 is 0 Å². The minimum absolute atomic E-state index is 0.348. The molecule has 0 amide bonds. The normalized spacial score (nSPS) is 13.6. The summed E-state index contributed by atoms with van der Waals surface area (Å²) in [5.41, 5.74) is 3.09. The summed E-state index contributed by atoms with van der Waals surface area (Å²) >= 11 is 0. The molecule has 0 bridgehead atoms. The van der Waals surface area contributed by atoms with E-state index in [0.29, 0.717) is 12.3 Å². The van der Waals surface area contributed by atoms with Gasteiger partial charge in [-0.2, -0.15) is 0 Å². The predicted molar refractivity (Wildman–Crippen MR) is 67.6 cm³/mol. The second kappa shape index (κ2) is 3.94. The molecule has 3 aliphatic heterocycles. The van der Waals surface area contributed by atoms with E-state index in [-0.39, 0.29) is 5.97 Å². The standard InChI is InChI=1S/C13H13N3O2/c1-3-18-13(17)11-6-9-10(15-11)4-5-16-7-8(2)14-12(9)16/h4-6H,3,7H2,1-2H3. The van der Waals surface area contributed by atoms with Gasteiger partial charge in [0.05, 0.1) is 18.8 Å². The zero-order chi connectivity index (χ0) is 12.7. The van der Waals surface area contributed by atoms with Crippen molar-refractivity contribution in [1.29, 1.82) is 0 Å². The molecule has 0 saturated heterocycles. The summed E-state index contributed by atoms with van der Waals surface area (Å²) in [7, 11) is 0. The molecule has 5 heteroatoms. The first-order valence-corrected chi connectivity index (χ1v) is 5.90. The number of hydrogen-bond acceptors (Lipinski definition) is 4. The van der Waals surface area contributed by atoms with Gasteiger partial charge in [0.2, 0.25) is 0 Å². The Labute approximate surface area is 104 Å². The van der Waals surface area contributed by atoms with E-state index in [1.54, 1.807) is 13.0 Å². The van der Waals surface area contributed by atoms with Crippen molar-refractivity contribution in [2.45, 2.75) is 20.4 Å². The first-order valence-electron chi connectivity index (χ1n) is 5.90. The van der Waals surface area contributed by atoms with Gasteiger partial charge in [0.25, 0.3) is 0 Å². The van der Waals surface area contributed by atoms with Gasteiger partial charge in [-0.25, -0.2) is 14.8 Å². The van der Waals surface area contributed by atoms with Crippen LogP contribution in [0.3, 0.4) is 0 Å². The Morgan fingerprint density at radius 3 is 3.17 bits per heavy atom. The van der Waals surface area contributed by atoms with Crippen molar-refractivity contribution in [2.75, 3.05) is 6.61 Å². The zero-order valence-corrected chi connectivity index (χ0v) is 10.3. The number of esters is 1. The minimum atomic E-state index is -0.383. The molecule has 0 N–H and O–H groups in total. The van der Waals surface area contributed by atoms with Crippen molar-refractivity contribution < 1.29 is 9.53 Å². The van der Waals surface area contributed by atoms with Gasteiger partial charge < -0.3 is 9.30 Å². The molecule has 0 unspecified atom stereocenters. The number of aromatic nitrogens is 2. The van der Waals surface area contributed by atoms with E-state index in [0.717, 1.165) is 29.3 Å². The number of aliphatic imine (C=N–C) groups is 1. The van der Waals surface area contributed by atoms with Gasteiger partial charge in [-0.1, -0.05) is 0 Å². The fraction of sp³-hybridized carbons (Fsp3) is 0.308. The number of nitrogens with zero attached hydrogens (tertiary/aromatic N) is 3. The van der Waals surface area contributed by atoms with Gasteiger partial charge in [0.15, 0.2) is 0 Å². The lowest BCUT2D eigenvalue weighted by molar-refractivity contribution is 0.0520. The maximum absolute atomic E-state index is 11.7. The Bertz CT molecular complexity index is 627. The lowest BCUT2D eigenvalue weighted by Gasteiger charge is -2.05. The monoisotopic (exact) mass is 243 g/mol. The number of pyridine rings is 1. The van der Waals surface area contributed by atoms with Crippen molar-refractivity contribution in [1.82, 2.24) is 9.55 Å². The molecule has 0 aromatic rings. The third-order valence-corrected chi connectivity index (χ3v) is 2.90. The van der Waals surface area contributed by atoms with E-state index in [9.17, 15) is 4.79 Å². The van der Waals surface area contributed by atoms with Crippen LogP contribution in [0.15, 0.2) is 23.3 Å². The summed E-state index contributed by atoms with van der Waals surface area (Å²) < 4.78 is 7.00. The Balaban J connectivity index is 2.10. The summed E-state index contributed by atoms with van der Waals surface area (Å²) in [4.78, 5) is 20.4. The first kappa shape index (κ1) is 11.0. The highest BCUT2D eigenvalue weighted by Gasteiger charge is 2.22. The molecular weight excluding hydrogens is 230 g/mol. The van der Waals surface area contributed by atoms with Gasteiger partial charge in [0, 0.05) is 17.5 Å². The topological polar surface area (TPSA) is 56.5 Å². The fourth-order valence-corrected chi connectivity index (χ4v) is 2.15. The SMILES string of the molecule is CCOC(=O)c1cc2c3n(ccc-2n1)CC(C)=N3. The van der Waals surface area contributed by atoms with Crippen LogP contribution in [0.1, 0.15) is 24.3 Å². The lowest BCUT2D eigenvalue weighted by atomic mass is 10.2. The number of ether oxygens (including phenoxy) is 1. The fourth-order valence-electron chi connectivity index (χ4n) is 2.15. The van der Waals surface area contributed by atoms with E-state index in [1.807, 2.05) is 23.8 Å². The van der Waals surface area contributed by atoms with Crippen LogP contribution in [0.2, 0.25) is 0 Å². The molecule has 0 saturated carbocycles. The molecule has 0 spiro atoms. The van der Waals surface area contributed by atoms with Crippen LogP contribution in [0, 0.1) is 0 Å². The number of fused-ring (bicyclic) bond motifs is 3. The van der Waals surface area contributed by atoms with Gasteiger partial charge in [0.1, 0.15) is 11.5 Å². The lowest BCUT2D eigenvalue weighted by Crippen LogP contribution is -2.04. The Morgan fingerprint density at radius 1 is 1.56 bits per heavy atom. The molecule has 0 aromatic carbocycles. The summed E-state index contributed by atoms with van der Waals surface area (Å²) in [6.07, 6.45) is 1.94. The molecule has 0 aromatic heterocycles. The average Bonchev–Trinajstić information content (AvgIpc) is 2.90. The van der Waals surface area contributed by atoms with E-state index in [2.05, 4.69) is 9.98 Å². The molecule has 0 aliphatic carbocycles. The van der Waals surface area contributed by atoms with Crippen molar-refractivity contribution in [2.24, 2.45) is 4.99 Å². The van der Waals surface area contributed by atoms with Crippen LogP contribution in [0.25, 0.3) is 11.3 Å². The van der Waals surface area contributed by atoms with E-state index in [4.69, 9.17) is 4.74 Å². The summed E-state index contributed by atoms with van der Waals surface area (Å²) in [5.74, 6) is 0.485. The first-order chi connectivity index (χ1) is 8.69. The Hall–Kier alpha value is -2.17. The van der Waals surface area contributed by atoms with E-state index >= 15 is 0 Å². The number of carbonyl (C=O) groups is 1. The van der Waals surface area contributed by atoms with Crippen molar-refractivity contribution >= 4 is 17.5 Å². The minimum Gasteiger partial charge on any atom is -0.461 e. The van der Waals surface area contributed by atoms with Crippen LogP contribution in [-0.4, -0.2) is 27.8 Å². The molecule has 18 heavy (non-hydrogen) atoms. The Morgan fingerprint density at radius 2 is 2.39 bits per heavy atom. The highest BCUT2D eigenvalue weighted by Crippen LogP contribution is 2.35. The van der Waals surface area contributed by atoms with Crippen molar-refractivity contribution in [3.63, 3.8) is 0 Å². The van der Waals surface area contributed by atoms with Gasteiger partial charge >= 0.3 is 5.97 Å². The second-order valence-electron chi connectivity index (χ2n) is 4.28. The molecule has 3 heterocycles. The van der Waals surface area contributed by atoms with Crippen LogP contribution in [-0.2, 0) is 11.3 Å². The third-order valence-electron chi connectivity index (χ3n) is 2.90. The Kier molecular flexibility index (Phi) is 2.40. The van der Waals surface area contributed by atoms with Gasteiger partial charge in [-0.3, -0.25) is 0 Å². The maximum Gasteiger partial charge on any atom is 0.356 e. The number of rotatable bonds is 2. The summed E-state index contributed by atoms with van der Waals surface area (Å²) in [6, 6.07) is 3.65. The molecule has 92 valence electrons. The van der Waals surface area contributed by atoms with Crippen molar-refractivity contribution in [3.8, 4) is 11.3 Å². The van der Waals surface area contributed by atoms with Crippen molar-refractivity contribution in [3.05, 3.63) is 24.0 Å². The second-order valence-corrected chi connectivity index (χ2v) is 4.28. The van der Waals surface area contributed by atoms with Crippen LogP contribution < -0.4 is 0 Å². The highest BCUT2D eigenvalue weighted by molar-refractivity contribution is 5.95. The summed E-state index contributed by atoms with van der Waals surface area (Å²) in [5, 5.41) is 0. The van der Waals surface area contributed by atoms with Gasteiger partial charge in [-0.15, -0.1) is 0 Å². The zero-order valence-electron chi connectivity index (χ0n) is 10.3. The highest BCUT2D eigenvalue weighted by atomic mass is 16.5. The summed E-state index contributed by atoms with van der Waals surface area (Å²) in [6.45, 7) is 4.92. The van der Waals surface area contributed by atoms with Crippen LogP contribution >= 0.6 is 0 Å². The molecule has 3 aliphatic rings. The predicted octanol–water partition coefficient (Wildman–Crippen LogP) is 2.27. The quantitative estimate of drug-likeness (QED) is 0.760. The van der Waals surface area contributed by atoms with Crippen LogP contribution in [0.4, 0.5) is 5.82 Å². The van der Waals surface area contributed by atoms with E-state index in [1.165, 1.54) is 0 Å². The smallest absolute Gasteiger partial charge is 0.356 e. The van der Waals surface area contributed by atoms with Crippen LogP contribution in [0.5, 0.6) is 0 Å². The molecule has 5 nitrogen and oxygen atoms in total. The van der Waals surface area contributed by atoms with Gasteiger partial charge in [-0.05, 0) is 26.0 Å².